The van der Waals surface area contributed by atoms with Crippen LogP contribution in [-0.4, -0.2) is 28.5 Å². The third kappa shape index (κ3) is 4.07. The summed E-state index contributed by atoms with van der Waals surface area (Å²) in [6, 6.07) is 3.70. The largest absolute Gasteiger partial charge is 0.354 e. The molecule has 0 saturated heterocycles. The molecule has 86 valence electrons. The van der Waals surface area contributed by atoms with Gasteiger partial charge in [0.25, 0.3) is 0 Å². The second kappa shape index (κ2) is 6.33. The number of rotatable bonds is 5. The molecular formula is C11H16N4S. The van der Waals surface area contributed by atoms with Crippen molar-refractivity contribution in [1.29, 1.82) is 5.26 Å². The van der Waals surface area contributed by atoms with Gasteiger partial charge >= 0.3 is 0 Å². The van der Waals surface area contributed by atoms with Gasteiger partial charge in [0.1, 0.15) is 11.8 Å². The molecule has 0 bridgehead atoms. The van der Waals surface area contributed by atoms with E-state index in [4.69, 9.17) is 5.26 Å². The van der Waals surface area contributed by atoms with Gasteiger partial charge in [0, 0.05) is 12.2 Å². The minimum atomic E-state index is 0.410. The molecule has 0 radical (unpaired) electrons. The van der Waals surface area contributed by atoms with Crippen LogP contribution in [0.3, 0.4) is 0 Å². The zero-order valence-electron chi connectivity index (χ0n) is 9.82. The summed E-state index contributed by atoms with van der Waals surface area (Å²) in [4.78, 5) is 8.33. The third-order valence-corrected chi connectivity index (χ3v) is 2.93. The minimum Gasteiger partial charge on any atom is -0.354 e. The highest BCUT2D eigenvalue weighted by Crippen LogP contribution is 2.07. The van der Waals surface area contributed by atoms with Crippen LogP contribution in [0, 0.1) is 24.2 Å². The lowest BCUT2D eigenvalue weighted by atomic mass is 10.2. The lowest BCUT2D eigenvalue weighted by Crippen LogP contribution is -2.15. The average molecular weight is 236 g/mol. The summed E-state index contributed by atoms with van der Waals surface area (Å²) in [5.74, 6) is 2.21. The topological polar surface area (TPSA) is 61.6 Å². The molecule has 1 rings (SSSR count). The third-order valence-electron chi connectivity index (χ3n) is 2.03. The number of nitrogens with zero attached hydrogens (tertiary/aromatic N) is 3. The molecule has 1 unspecified atom stereocenters. The number of hydrogen-bond acceptors (Lipinski definition) is 5. The molecule has 1 atom stereocenters. The van der Waals surface area contributed by atoms with Crippen molar-refractivity contribution in [3.8, 4) is 6.07 Å². The molecule has 1 aromatic rings. The van der Waals surface area contributed by atoms with Gasteiger partial charge in [-0.25, -0.2) is 9.97 Å². The Hall–Kier alpha value is -1.28. The molecular weight excluding hydrogens is 220 g/mol. The molecule has 1 N–H and O–H groups in total. The summed E-state index contributed by atoms with van der Waals surface area (Å²) >= 11 is 1.82. The molecule has 0 aliphatic rings. The van der Waals surface area contributed by atoms with Crippen molar-refractivity contribution in [3.05, 3.63) is 17.5 Å². The Morgan fingerprint density at radius 3 is 2.94 bits per heavy atom. The van der Waals surface area contributed by atoms with E-state index in [-0.39, 0.29) is 0 Å². The fourth-order valence-corrected chi connectivity index (χ4v) is 2.00. The molecule has 0 fully saturated rings. The average Bonchev–Trinajstić information content (AvgIpc) is 2.26. The van der Waals surface area contributed by atoms with Crippen LogP contribution in [0.1, 0.15) is 18.3 Å². The van der Waals surface area contributed by atoms with Gasteiger partial charge in [-0.05, 0) is 30.9 Å². The van der Waals surface area contributed by atoms with Gasteiger partial charge in [-0.3, -0.25) is 0 Å². The Bertz CT molecular complexity index is 386. The molecule has 1 aromatic heterocycles. The quantitative estimate of drug-likeness (QED) is 0.848. The standard InChI is InChI=1S/C11H16N4S/c1-8(7-16-3)6-13-11-14-9(2)4-10(5-12)15-11/h4,8H,6-7H2,1-3H3,(H,13,14,15). The lowest BCUT2D eigenvalue weighted by Gasteiger charge is -2.11. The van der Waals surface area contributed by atoms with Crippen LogP contribution in [0.4, 0.5) is 5.95 Å². The number of anilines is 1. The predicted molar refractivity (Wildman–Crippen MR) is 67.5 cm³/mol. The van der Waals surface area contributed by atoms with Crippen LogP contribution in [-0.2, 0) is 0 Å². The highest BCUT2D eigenvalue weighted by molar-refractivity contribution is 7.98. The van der Waals surface area contributed by atoms with Gasteiger partial charge < -0.3 is 5.32 Å². The van der Waals surface area contributed by atoms with Crippen molar-refractivity contribution in [3.63, 3.8) is 0 Å². The molecule has 0 aliphatic heterocycles. The van der Waals surface area contributed by atoms with E-state index in [0.717, 1.165) is 18.0 Å². The van der Waals surface area contributed by atoms with Gasteiger partial charge in [-0.2, -0.15) is 17.0 Å². The number of thioether (sulfide) groups is 1. The Morgan fingerprint density at radius 2 is 2.31 bits per heavy atom. The van der Waals surface area contributed by atoms with Crippen molar-refractivity contribution in [2.24, 2.45) is 5.92 Å². The Morgan fingerprint density at radius 1 is 1.56 bits per heavy atom. The Balaban J connectivity index is 2.60. The number of nitrogens with one attached hydrogen (secondary N) is 1. The molecule has 0 spiro atoms. The lowest BCUT2D eigenvalue weighted by molar-refractivity contribution is 0.696. The number of aromatic nitrogens is 2. The van der Waals surface area contributed by atoms with Gasteiger partial charge in [0.15, 0.2) is 0 Å². The van der Waals surface area contributed by atoms with E-state index in [2.05, 4.69) is 28.5 Å². The van der Waals surface area contributed by atoms with Crippen LogP contribution < -0.4 is 5.32 Å². The van der Waals surface area contributed by atoms with Gasteiger partial charge in [-0.15, -0.1) is 0 Å². The van der Waals surface area contributed by atoms with Crippen LogP contribution in [0.25, 0.3) is 0 Å². The first-order valence-corrected chi connectivity index (χ1v) is 6.53. The molecule has 4 nitrogen and oxygen atoms in total. The summed E-state index contributed by atoms with van der Waals surface area (Å²) in [7, 11) is 0. The maximum Gasteiger partial charge on any atom is 0.224 e. The van der Waals surface area contributed by atoms with Crippen molar-refractivity contribution in [2.75, 3.05) is 23.9 Å². The molecule has 0 saturated carbocycles. The van der Waals surface area contributed by atoms with E-state index in [1.54, 1.807) is 6.07 Å². The van der Waals surface area contributed by atoms with E-state index in [0.29, 0.717) is 17.6 Å². The van der Waals surface area contributed by atoms with Crippen LogP contribution in [0.15, 0.2) is 6.07 Å². The smallest absolute Gasteiger partial charge is 0.224 e. The molecule has 0 aliphatic carbocycles. The predicted octanol–water partition coefficient (Wildman–Crippen LogP) is 2.07. The van der Waals surface area contributed by atoms with Gasteiger partial charge in [0.05, 0.1) is 0 Å². The summed E-state index contributed by atoms with van der Waals surface area (Å²) in [6.07, 6.45) is 2.09. The monoisotopic (exact) mass is 236 g/mol. The van der Waals surface area contributed by atoms with Gasteiger partial charge in [-0.1, -0.05) is 6.92 Å². The summed E-state index contributed by atoms with van der Waals surface area (Å²) in [5, 5.41) is 11.9. The second-order valence-corrected chi connectivity index (χ2v) is 4.68. The molecule has 1 heterocycles. The molecule has 5 heteroatoms. The van der Waals surface area contributed by atoms with E-state index in [1.807, 2.05) is 24.8 Å². The van der Waals surface area contributed by atoms with Crippen LogP contribution in [0.5, 0.6) is 0 Å². The highest BCUT2D eigenvalue weighted by Gasteiger charge is 2.04. The van der Waals surface area contributed by atoms with Crippen LogP contribution in [0.2, 0.25) is 0 Å². The fraction of sp³-hybridized carbons (Fsp3) is 0.545. The summed E-state index contributed by atoms with van der Waals surface area (Å²) < 4.78 is 0. The van der Waals surface area contributed by atoms with E-state index in [9.17, 15) is 0 Å². The first-order valence-electron chi connectivity index (χ1n) is 5.14. The molecule has 0 aromatic carbocycles. The minimum absolute atomic E-state index is 0.410. The fourth-order valence-electron chi connectivity index (χ4n) is 1.31. The van der Waals surface area contributed by atoms with E-state index in [1.165, 1.54) is 0 Å². The van der Waals surface area contributed by atoms with Crippen molar-refractivity contribution < 1.29 is 0 Å². The zero-order valence-corrected chi connectivity index (χ0v) is 10.6. The number of nitriles is 1. The Labute approximate surface area is 100 Å². The van der Waals surface area contributed by atoms with E-state index < -0.39 is 0 Å². The molecule has 16 heavy (non-hydrogen) atoms. The van der Waals surface area contributed by atoms with Crippen molar-refractivity contribution in [2.45, 2.75) is 13.8 Å². The van der Waals surface area contributed by atoms with Crippen molar-refractivity contribution >= 4 is 17.7 Å². The summed E-state index contributed by atoms with van der Waals surface area (Å²) in [5.41, 5.74) is 1.22. The van der Waals surface area contributed by atoms with Crippen LogP contribution >= 0.6 is 11.8 Å². The normalized spacial score (nSPS) is 11.9. The van der Waals surface area contributed by atoms with Crippen molar-refractivity contribution in [1.82, 2.24) is 9.97 Å². The zero-order chi connectivity index (χ0) is 12.0. The maximum atomic E-state index is 8.78. The van der Waals surface area contributed by atoms with E-state index >= 15 is 0 Å². The first kappa shape index (κ1) is 12.8. The second-order valence-electron chi connectivity index (χ2n) is 3.77. The van der Waals surface area contributed by atoms with Gasteiger partial charge in [0.2, 0.25) is 5.95 Å². The maximum absolute atomic E-state index is 8.78. The first-order chi connectivity index (χ1) is 7.65. The highest BCUT2D eigenvalue weighted by atomic mass is 32.2. The summed E-state index contributed by atoms with van der Waals surface area (Å²) in [6.45, 7) is 4.86. The molecule has 0 amide bonds. The number of hydrogen-bond donors (Lipinski definition) is 1. The number of aryl methyl sites for hydroxylation is 1. The SMILES string of the molecule is CSCC(C)CNc1nc(C)cc(C#N)n1. The Kier molecular flexibility index (Phi) is 5.06.